The van der Waals surface area contributed by atoms with Gasteiger partial charge in [-0.15, -0.1) is 0 Å². The zero-order valence-electron chi connectivity index (χ0n) is 35.4. The van der Waals surface area contributed by atoms with Crippen LogP contribution in [0, 0.1) is 0 Å². The number of carbonyl (C=O) groups is 2. The molecule has 0 aromatic heterocycles. The molecule has 59 heavy (non-hydrogen) atoms. The van der Waals surface area contributed by atoms with Gasteiger partial charge in [-0.25, -0.2) is 9.59 Å². The highest BCUT2D eigenvalue weighted by Crippen LogP contribution is 2.44. The first-order chi connectivity index (χ1) is 28.8. The van der Waals surface area contributed by atoms with E-state index in [1.807, 2.05) is 45.0 Å². The Hall–Kier alpha value is -3.42. The summed E-state index contributed by atoms with van der Waals surface area (Å²) in [4.78, 5) is 23.8. The molecule has 0 saturated carbocycles. The van der Waals surface area contributed by atoms with Gasteiger partial charge in [0.25, 0.3) is 0 Å². The highest BCUT2D eigenvalue weighted by Gasteiger charge is 2.29. The van der Waals surface area contributed by atoms with Crippen molar-refractivity contribution in [2.45, 2.75) is 38.7 Å². The third kappa shape index (κ3) is 24.4. The highest BCUT2D eigenvalue weighted by atomic mass is 16.6. The van der Waals surface area contributed by atoms with Crippen LogP contribution in [0.3, 0.4) is 0 Å². The van der Waals surface area contributed by atoms with Gasteiger partial charge in [-0.3, -0.25) is 0 Å². The summed E-state index contributed by atoms with van der Waals surface area (Å²) in [6.07, 6.45) is -0.196. The molecule has 16 nitrogen and oxygen atoms in total. The predicted molar refractivity (Wildman–Crippen MR) is 220 cm³/mol. The molecule has 0 bridgehead atoms. The fourth-order valence-corrected chi connectivity index (χ4v) is 5.63. The molecule has 0 fully saturated rings. The van der Waals surface area contributed by atoms with E-state index in [9.17, 15) is 9.59 Å². The van der Waals surface area contributed by atoms with Gasteiger partial charge in [-0.2, -0.15) is 0 Å². The molecule has 16 heteroatoms. The molecular weight excluding hydrogens is 768 g/mol. The third-order valence-corrected chi connectivity index (χ3v) is 8.34. The maximum absolute atomic E-state index is 12.3. The molecule has 2 amide bonds. The average molecular weight is 837 g/mol. The molecule has 2 aromatic carbocycles. The van der Waals surface area contributed by atoms with E-state index in [-0.39, 0.29) is 5.92 Å². The summed E-state index contributed by atoms with van der Waals surface area (Å²) in [5.41, 5.74) is 4.28. The maximum atomic E-state index is 12.3. The lowest BCUT2D eigenvalue weighted by atomic mass is 9.98. The van der Waals surface area contributed by atoms with E-state index in [4.69, 9.17) is 56.8 Å². The SMILES string of the molecule is CC(C)(C)OC(=O)NCCOCCOCCOCCOCCOCCOCCOCCOCCOCCOCCCNC(=O)OCC1c2ccccc2-c2ccccc21. The number of amides is 2. The standard InChI is InChI=1S/C43H68N2O14/c1-43(2,3)59-42(47)45-14-16-49-18-20-51-22-24-53-26-28-55-30-32-57-34-33-56-31-29-54-27-25-52-23-21-50-19-17-48-15-8-13-44-41(46)58-35-40-38-11-6-4-9-36(38)37-10-5-7-12-39(37)40/h4-7,9-12,40H,8,13-35H2,1-3H3,(H,44,46)(H,45,47). The number of fused-ring (bicyclic) bond motifs is 3. The smallest absolute Gasteiger partial charge is 0.407 e. The van der Waals surface area contributed by atoms with Crippen LogP contribution in [0.15, 0.2) is 48.5 Å². The largest absolute Gasteiger partial charge is 0.449 e. The molecule has 0 heterocycles. The molecule has 0 aliphatic heterocycles. The van der Waals surface area contributed by atoms with E-state index in [0.717, 1.165) is 0 Å². The number of rotatable bonds is 36. The predicted octanol–water partition coefficient (Wildman–Crippen LogP) is 4.61. The van der Waals surface area contributed by atoms with Crippen molar-refractivity contribution in [3.8, 4) is 11.1 Å². The van der Waals surface area contributed by atoms with Gasteiger partial charge in [0.05, 0.1) is 126 Å². The second-order valence-electron chi connectivity index (χ2n) is 14.2. The van der Waals surface area contributed by atoms with Crippen LogP contribution in [0.4, 0.5) is 9.59 Å². The van der Waals surface area contributed by atoms with Crippen LogP contribution < -0.4 is 10.6 Å². The van der Waals surface area contributed by atoms with Gasteiger partial charge in [0.2, 0.25) is 0 Å². The van der Waals surface area contributed by atoms with Crippen molar-refractivity contribution in [3.63, 3.8) is 0 Å². The topological polar surface area (TPSA) is 169 Å². The molecule has 1 aliphatic carbocycles. The van der Waals surface area contributed by atoms with Gasteiger partial charge < -0.3 is 67.5 Å². The van der Waals surface area contributed by atoms with Crippen molar-refractivity contribution in [1.29, 1.82) is 0 Å². The number of nitrogens with one attached hydrogen (secondary N) is 2. The quantitative estimate of drug-likeness (QED) is 0.0914. The summed E-state index contributed by atoms with van der Waals surface area (Å²) < 4.78 is 65.7. The first-order valence-corrected chi connectivity index (χ1v) is 20.7. The maximum Gasteiger partial charge on any atom is 0.407 e. The minimum Gasteiger partial charge on any atom is -0.449 e. The fraction of sp³-hybridized carbons (Fsp3) is 0.674. The van der Waals surface area contributed by atoms with Gasteiger partial charge in [-0.1, -0.05) is 48.5 Å². The van der Waals surface area contributed by atoms with E-state index in [2.05, 4.69) is 34.9 Å². The Morgan fingerprint density at radius 1 is 0.458 bits per heavy atom. The summed E-state index contributed by atoms with van der Waals surface area (Å²) in [6, 6.07) is 16.6. The number of hydrogen-bond acceptors (Lipinski definition) is 14. The zero-order chi connectivity index (χ0) is 42.1. The van der Waals surface area contributed by atoms with Crippen molar-refractivity contribution in [3.05, 3.63) is 59.7 Å². The van der Waals surface area contributed by atoms with Crippen LogP contribution in [0.2, 0.25) is 0 Å². The van der Waals surface area contributed by atoms with Crippen LogP contribution >= 0.6 is 0 Å². The molecule has 0 saturated heterocycles. The van der Waals surface area contributed by atoms with Crippen molar-refractivity contribution >= 4 is 12.2 Å². The van der Waals surface area contributed by atoms with Crippen molar-refractivity contribution in [2.75, 3.05) is 152 Å². The molecular formula is C43H68N2O14. The molecule has 0 atom stereocenters. The Balaban J connectivity index is 0.934. The van der Waals surface area contributed by atoms with Crippen LogP contribution in [-0.2, 0) is 56.8 Å². The number of carbonyl (C=O) groups excluding carboxylic acids is 2. The monoisotopic (exact) mass is 836 g/mol. The summed E-state index contributed by atoms with van der Waals surface area (Å²) >= 11 is 0. The second kappa shape index (κ2) is 32.4. The van der Waals surface area contributed by atoms with Crippen LogP contribution in [-0.4, -0.2) is 170 Å². The third-order valence-electron chi connectivity index (χ3n) is 8.34. The Bertz CT molecular complexity index is 1330. The summed E-state index contributed by atoms with van der Waals surface area (Å²) in [5.74, 6) is 0.0453. The Kier molecular flexibility index (Phi) is 27.4. The first-order valence-electron chi connectivity index (χ1n) is 20.7. The highest BCUT2D eigenvalue weighted by molar-refractivity contribution is 5.79. The average Bonchev–Trinajstić information content (AvgIpc) is 3.54. The lowest BCUT2D eigenvalue weighted by Crippen LogP contribution is -2.34. The summed E-state index contributed by atoms with van der Waals surface area (Å²) in [5, 5.41) is 5.43. The van der Waals surface area contributed by atoms with Gasteiger partial charge in [0.15, 0.2) is 0 Å². The summed E-state index contributed by atoms with van der Waals surface area (Å²) in [6.45, 7) is 16.0. The molecule has 0 radical (unpaired) electrons. The minimum absolute atomic E-state index is 0.0453. The van der Waals surface area contributed by atoms with Crippen molar-refractivity contribution < 1.29 is 66.4 Å². The number of hydrogen-bond donors (Lipinski definition) is 2. The second-order valence-corrected chi connectivity index (χ2v) is 14.2. The van der Waals surface area contributed by atoms with Gasteiger partial charge in [0, 0.05) is 25.6 Å². The number of ether oxygens (including phenoxy) is 12. The van der Waals surface area contributed by atoms with Crippen molar-refractivity contribution in [2.24, 2.45) is 0 Å². The Morgan fingerprint density at radius 3 is 1.19 bits per heavy atom. The van der Waals surface area contributed by atoms with E-state index in [1.54, 1.807) is 0 Å². The zero-order valence-corrected chi connectivity index (χ0v) is 35.4. The van der Waals surface area contributed by atoms with Crippen LogP contribution in [0.1, 0.15) is 44.2 Å². The lowest BCUT2D eigenvalue weighted by molar-refractivity contribution is -0.0264. The lowest BCUT2D eigenvalue weighted by Gasteiger charge is -2.19. The molecule has 2 N–H and O–H groups in total. The van der Waals surface area contributed by atoms with Gasteiger partial charge in [0.1, 0.15) is 12.2 Å². The number of benzene rings is 2. The molecule has 3 rings (SSSR count). The van der Waals surface area contributed by atoms with Crippen molar-refractivity contribution in [1.82, 2.24) is 10.6 Å². The van der Waals surface area contributed by atoms with Gasteiger partial charge >= 0.3 is 12.2 Å². The normalized spacial score (nSPS) is 12.3. The molecule has 0 unspecified atom stereocenters. The molecule has 2 aromatic rings. The van der Waals surface area contributed by atoms with E-state index in [1.165, 1.54) is 22.3 Å². The number of alkyl carbamates (subject to hydrolysis) is 2. The van der Waals surface area contributed by atoms with Crippen LogP contribution in [0.25, 0.3) is 11.1 Å². The van der Waals surface area contributed by atoms with E-state index < -0.39 is 17.8 Å². The summed E-state index contributed by atoms with van der Waals surface area (Å²) in [7, 11) is 0. The van der Waals surface area contributed by atoms with Crippen LogP contribution in [0.5, 0.6) is 0 Å². The van der Waals surface area contributed by atoms with Gasteiger partial charge in [-0.05, 0) is 49.4 Å². The van der Waals surface area contributed by atoms with E-state index >= 15 is 0 Å². The Morgan fingerprint density at radius 2 is 0.797 bits per heavy atom. The van der Waals surface area contributed by atoms with E-state index in [0.29, 0.717) is 158 Å². The molecule has 0 spiro atoms. The fourth-order valence-electron chi connectivity index (χ4n) is 5.63. The first kappa shape index (κ1) is 49.9. The molecule has 1 aliphatic rings. The Labute approximate surface area is 350 Å². The minimum atomic E-state index is -0.517. The molecule has 334 valence electrons.